The van der Waals surface area contributed by atoms with Crippen LogP contribution >= 0.6 is 0 Å². The smallest absolute Gasteiger partial charge is 0.349 e. The summed E-state index contributed by atoms with van der Waals surface area (Å²) >= 11 is 0. The number of ether oxygens (including phenoxy) is 2. The molecule has 6 nitrogen and oxygen atoms in total. The van der Waals surface area contributed by atoms with E-state index in [2.05, 4.69) is 5.32 Å². The summed E-state index contributed by atoms with van der Waals surface area (Å²) in [6.07, 6.45) is 0.330. The summed E-state index contributed by atoms with van der Waals surface area (Å²) in [6.45, 7) is 1.58. The van der Waals surface area contributed by atoms with E-state index in [4.69, 9.17) is 9.47 Å². The van der Waals surface area contributed by atoms with Crippen LogP contribution in [0.15, 0.2) is 91.0 Å². The zero-order valence-corrected chi connectivity index (χ0v) is 20.7. The summed E-state index contributed by atoms with van der Waals surface area (Å²) in [4.78, 5) is 27.4. The molecule has 0 heterocycles. The summed E-state index contributed by atoms with van der Waals surface area (Å²) in [5.74, 6) is 0.337. The molecule has 0 spiro atoms. The molecule has 4 aromatic rings. The van der Waals surface area contributed by atoms with Crippen molar-refractivity contribution in [3.05, 3.63) is 102 Å². The normalized spacial score (nSPS) is 11.5. The minimum atomic E-state index is -0.529. The predicted octanol–water partition coefficient (Wildman–Crippen LogP) is 5.51. The highest BCUT2D eigenvalue weighted by Crippen LogP contribution is 2.37. The number of carbonyl (C=O) groups is 2. The topological polar surface area (TPSA) is 67.9 Å². The van der Waals surface area contributed by atoms with Crippen LogP contribution in [0.2, 0.25) is 0 Å². The van der Waals surface area contributed by atoms with Gasteiger partial charge in [0, 0.05) is 31.8 Å². The van der Waals surface area contributed by atoms with Crippen LogP contribution in [0.25, 0.3) is 10.8 Å². The second-order valence-electron chi connectivity index (χ2n) is 8.61. The zero-order chi connectivity index (χ0) is 25.5. The molecule has 4 aromatic carbocycles. The van der Waals surface area contributed by atoms with Gasteiger partial charge in [-0.3, -0.25) is 4.79 Å². The van der Waals surface area contributed by atoms with Crippen LogP contribution in [0.4, 0.5) is 5.69 Å². The molecular weight excluding hydrogens is 452 g/mol. The molecule has 0 fully saturated rings. The first-order chi connectivity index (χ1) is 17.5. The first-order valence-corrected chi connectivity index (χ1v) is 11.9. The van der Waals surface area contributed by atoms with Crippen molar-refractivity contribution in [2.24, 2.45) is 0 Å². The maximum atomic E-state index is 12.8. The zero-order valence-electron chi connectivity index (χ0n) is 20.7. The van der Waals surface area contributed by atoms with Crippen molar-refractivity contribution >= 4 is 28.3 Å². The number of para-hydroxylation sites is 1. The number of amides is 1. The number of anilines is 1. The number of hydrogen-bond donors (Lipinski definition) is 1. The Balaban J connectivity index is 1.74. The van der Waals surface area contributed by atoms with Crippen molar-refractivity contribution in [1.82, 2.24) is 5.32 Å². The lowest BCUT2D eigenvalue weighted by Gasteiger charge is -2.24. The molecule has 0 radical (unpaired) electrons. The van der Waals surface area contributed by atoms with E-state index in [9.17, 15) is 9.59 Å². The van der Waals surface area contributed by atoms with E-state index < -0.39 is 12.0 Å². The number of esters is 1. The van der Waals surface area contributed by atoms with Crippen LogP contribution in [0.5, 0.6) is 11.5 Å². The Kier molecular flexibility index (Phi) is 7.85. The number of carbonyl (C=O) groups excluding carboxylic acids is 2. The number of rotatable bonds is 9. The lowest BCUT2D eigenvalue weighted by Crippen LogP contribution is -2.29. The minimum Gasteiger partial charge on any atom is -0.482 e. The van der Waals surface area contributed by atoms with Crippen LogP contribution in [0.1, 0.15) is 30.5 Å². The van der Waals surface area contributed by atoms with E-state index in [-0.39, 0.29) is 12.5 Å². The molecule has 0 unspecified atom stereocenters. The molecule has 0 aliphatic heterocycles. The molecule has 4 rings (SSSR count). The van der Waals surface area contributed by atoms with E-state index >= 15 is 0 Å². The second-order valence-corrected chi connectivity index (χ2v) is 8.61. The monoisotopic (exact) mass is 482 g/mol. The van der Waals surface area contributed by atoms with Crippen LogP contribution in [-0.4, -0.2) is 32.6 Å². The molecule has 0 aromatic heterocycles. The quantitative estimate of drug-likeness (QED) is 0.252. The van der Waals surface area contributed by atoms with Gasteiger partial charge in [-0.25, -0.2) is 4.79 Å². The van der Waals surface area contributed by atoms with Crippen molar-refractivity contribution in [2.45, 2.75) is 19.4 Å². The fourth-order valence-corrected chi connectivity index (χ4v) is 4.02. The molecule has 184 valence electrons. The van der Waals surface area contributed by atoms with Crippen LogP contribution in [0.3, 0.4) is 0 Å². The maximum absolute atomic E-state index is 12.8. The van der Waals surface area contributed by atoms with E-state index in [0.29, 0.717) is 17.9 Å². The largest absolute Gasteiger partial charge is 0.482 e. The van der Waals surface area contributed by atoms with Crippen LogP contribution in [0, 0.1) is 0 Å². The Bertz CT molecular complexity index is 1330. The number of benzene rings is 4. The molecule has 0 saturated heterocycles. The Morgan fingerprint density at radius 1 is 0.861 bits per heavy atom. The molecule has 0 aliphatic rings. The molecule has 1 atom stereocenters. The Morgan fingerprint density at radius 2 is 1.56 bits per heavy atom. The van der Waals surface area contributed by atoms with Gasteiger partial charge < -0.3 is 19.7 Å². The van der Waals surface area contributed by atoms with Gasteiger partial charge in [0.25, 0.3) is 0 Å². The Hall–Kier alpha value is -4.32. The fourth-order valence-electron chi connectivity index (χ4n) is 4.02. The van der Waals surface area contributed by atoms with Crippen molar-refractivity contribution in [2.75, 3.05) is 25.6 Å². The molecule has 1 amide bonds. The van der Waals surface area contributed by atoms with Crippen molar-refractivity contribution < 1.29 is 19.1 Å². The van der Waals surface area contributed by atoms with Gasteiger partial charge in [0.05, 0.1) is 6.04 Å². The van der Waals surface area contributed by atoms with Crippen LogP contribution in [-0.2, 0) is 9.59 Å². The standard InChI is InChI=1S/C30H30N2O4/c1-4-27(33)31-30(22-14-17-23(18-15-22)32(2)3)29-25-13-9-8-10-21(25)16-19-26(29)36-28(34)20-35-24-11-6-5-7-12-24/h5-19,30H,4,20H2,1-3H3,(H,31,33)/t30-/m0/s1. The number of hydrogen-bond acceptors (Lipinski definition) is 5. The lowest BCUT2D eigenvalue weighted by atomic mass is 9.92. The van der Waals surface area contributed by atoms with E-state index in [1.165, 1.54) is 0 Å². The number of nitrogens with one attached hydrogen (secondary N) is 1. The first kappa shape index (κ1) is 24.8. The van der Waals surface area contributed by atoms with Gasteiger partial charge in [-0.15, -0.1) is 0 Å². The van der Waals surface area contributed by atoms with E-state index in [1.54, 1.807) is 18.2 Å². The summed E-state index contributed by atoms with van der Waals surface area (Å²) in [6, 6.07) is 28.1. The van der Waals surface area contributed by atoms with Crippen LogP contribution < -0.4 is 19.7 Å². The Morgan fingerprint density at radius 3 is 2.25 bits per heavy atom. The average Bonchev–Trinajstić information content (AvgIpc) is 2.91. The maximum Gasteiger partial charge on any atom is 0.349 e. The average molecular weight is 483 g/mol. The second kappa shape index (κ2) is 11.4. The van der Waals surface area contributed by atoms with Crippen molar-refractivity contribution in [3.63, 3.8) is 0 Å². The molecule has 1 N–H and O–H groups in total. The highest BCUT2D eigenvalue weighted by atomic mass is 16.6. The molecule has 0 bridgehead atoms. The lowest BCUT2D eigenvalue weighted by molar-refractivity contribution is -0.136. The molecule has 0 saturated carbocycles. The van der Waals surface area contributed by atoms with Crippen molar-refractivity contribution in [1.29, 1.82) is 0 Å². The van der Waals surface area contributed by atoms with Gasteiger partial charge in [0.2, 0.25) is 5.91 Å². The van der Waals surface area contributed by atoms with E-state index in [0.717, 1.165) is 27.6 Å². The summed E-state index contributed by atoms with van der Waals surface area (Å²) in [5, 5.41) is 5.01. The molecular formula is C30H30N2O4. The third-order valence-electron chi connectivity index (χ3n) is 5.91. The molecule has 6 heteroatoms. The minimum absolute atomic E-state index is 0.102. The highest BCUT2D eigenvalue weighted by Gasteiger charge is 2.24. The van der Waals surface area contributed by atoms with Gasteiger partial charge in [-0.05, 0) is 46.7 Å². The van der Waals surface area contributed by atoms with Gasteiger partial charge in [-0.1, -0.05) is 67.6 Å². The van der Waals surface area contributed by atoms with Gasteiger partial charge in [0.1, 0.15) is 11.5 Å². The SMILES string of the molecule is CCC(=O)N[C@@H](c1ccc(N(C)C)cc1)c1c(OC(=O)COc2ccccc2)ccc2ccccc12. The number of fused-ring (bicyclic) bond motifs is 1. The van der Waals surface area contributed by atoms with Crippen molar-refractivity contribution in [3.8, 4) is 11.5 Å². The van der Waals surface area contributed by atoms with Gasteiger partial charge in [0.15, 0.2) is 6.61 Å². The summed E-state index contributed by atoms with van der Waals surface area (Å²) in [5.41, 5.74) is 2.65. The molecule has 36 heavy (non-hydrogen) atoms. The third kappa shape index (κ3) is 5.84. The predicted molar refractivity (Wildman–Crippen MR) is 143 cm³/mol. The fraction of sp³-hybridized carbons (Fsp3) is 0.200. The summed E-state index contributed by atoms with van der Waals surface area (Å²) < 4.78 is 11.4. The molecule has 0 aliphatic carbocycles. The van der Waals surface area contributed by atoms with Gasteiger partial charge in [-0.2, -0.15) is 0 Å². The third-order valence-corrected chi connectivity index (χ3v) is 5.91. The number of nitrogens with zero attached hydrogens (tertiary/aromatic N) is 1. The first-order valence-electron chi connectivity index (χ1n) is 11.9. The van der Waals surface area contributed by atoms with E-state index in [1.807, 2.05) is 98.7 Å². The Labute approximate surface area is 211 Å². The van der Waals surface area contributed by atoms with Gasteiger partial charge >= 0.3 is 5.97 Å². The summed E-state index contributed by atoms with van der Waals surface area (Å²) in [7, 11) is 3.95. The highest BCUT2D eigenvalue weighted by molar-refractivity contribution is 5.90.